The second kappa shape index (κ2) is 7.11. The first-order chi connectivity index (χ1) is 13.2. The third-order valence-electron chi connectivity index (χ3n) is 4.54. The molecule has 1 aromatic carbocycles. The van der Waals surface area contributed by atoms with E-state index in [0.717, 1.165) is 28.7 Å². The number of aromatic nitrogens is 3. The van der Waals surface area contributed by atoms with Gasteiger partial charge in [-0.2, -0.15) is 0 Å². The Bertz CT molecular complexity index is 1110. The van der Waals surface area contributed by atoms with Crippen LogP contribution in [0, 0.1) is 0 Å². The van der Waals surface area contributed by atoms with Gasteiger partial charge in [-0.05, 0) is 36.6 Å². The van der Waals surface area contributed by atoms with Crippen LogP contribution in [0.3, 0.4) is 0 Å². The number of benzene rings is 1. The van der Waals surface area contributed by atoms with Gasteiger partial charge in [0.25, 0.3) is 0 Å². The van der Waals surface area contributed by atoms with Gasteiger partial charge in [0, 0.05) is 23.4 Å². The molecule has 0 saturated heterocycles. The third kappa shape index (κ3) is 3.32. The zero-order valence-electron chi connectivity index (χ0n) is 15.2. The Hall–Kier alpha value is -2.74. The van der Waals surface area contributed by atoms with Crippen LogP contribution in [0.25, 0.3) is 10.9 Å². The fourth-order valence-corrected chi connectivity index (χ4v) is 5.27. The van der Waals surface area contributed by atoms with E-state index in [1.165, 1.54) is 6.33 Å². The number of pyridine rings is 1. The van der Waals surface area contributed by atoms with E-state index in [2.05, 4.69) is 19.3 Å². The molecule has 1 atom stereocenters. The SMILES string of the molecule is CN=S(=O)(c1cccc(COc2ncnc3c(OC)nccc23)c1)C1CC1. The van der Waals surface area contributed by atoms with Crippen molar-refractivity contribution in [2.45, 2.75) is 29.6 Å². The summed E-state index contributed by atoms with van der Waals surface area (Å²) in [6.45, 7) is 0.300. The largest absolute Gasteiger partial charge is 0.479 e. The molecule has 7 nitrogen and oxygen atoms in total. The maximum absolute atomic E-state index is 13.1. The number of hydrogen-bond donors (Lipinski definition) is 0. The molecule has 8 heteroatoms. The van der Waals surface area contributed by atoms with Crippen LogP contribution >= 0.6 is 0 Å². The number of fused-ring (bicyclic) bond motifs is 1. The summed E-state index contributed by atoms with van der Waals surface area (Å²) in [6.07, 6.45) is 5.00. The van der Waals surface area contributed by atoms with E-state index in [4.69, 9.17) is 9.47 Å². The minimum Gasteiger partial charge on any atom is -0.479 e. The number of hydrogen-bond acceptors (Lipinski definition) is 7. The van der Waals surface area contributed by atoms with E-state index >= 15 is 0 Å². The van der Waals surface area contributed by atoms with Gasteiger partial charge in [0.1, 0.15) is 18.5 Å². The zero-order chi connectivity index (χ0) is 18.9. The molecule has 0 amide bonds. The van der Waals surface area contributed by atoms with Crippen LogP contribution in [0.2, 0.25) is 0 Å². The molecule has 4 rings (SSSR count). The van der Waals surface area contributed by atoms with Crippen LogP contribution in [0.15, 0.2) is 52.1 Å². The van der Waals surface area contributed by atoms with Gasteiger partial charge in [-0.3, -0.25) is 0 Å². The summed E-state index contributed by atoms with van der Waals surface area (Å²) in [5, 5.41) is 0.898. The van der Waals surface area contributed by atoms with Gasteiger partial charge in [-0.25, -0.2) is 23.5 Å². The molecule has 140 valence electrons. The molecule has 1 fully saturated rings. The lowest BCUT2D eigenvalue weighted by atomic mass is 10.2. The maximum atomic E-state index is 13.1. The third-order valence-corrected chi connectivity index (χ3v) is 7.38. The predicted molar refractivity (Wildman–Crippen MR) is 102 cm³/mol. The monoisotopic (exact) mass is 384 g/mol. The minimum atomic E-state index is -2.34. The number of ether oxygens (including phenoxy) is 2. The van der Waals surface area contributed by atoms with Crippen LogP contribution in [-0.2, 0) is 16.3 Å². The highest BCUT2D eigenvalue weighted by molar-refractivity contribution is 7.94. The Morgan fingerprint density at radius 1 is 1.19 bits per heavy atom. The average Bonchev–Trinajstić information content (AvgIpc) is 3.57. The van der Waals surface area contributed by atoms with Crippen molar-refractivity contribution in [1.82, 2.24) is 15.0 Å². The lowest BCUT2D eigenvalue weighted by molar-refractivity contribution is 0.297. The highest BCUT2D eigenvalue weighted by atomic mass is 32.2. The fourth-order valence-electron chi connectivity index (χ4n) is 3.01. The van der Waals surface area contributed by atoms with Gasteiger partial charge in [0.2, 0.25) is 11.8 Å². The molecule has 3 aromatic rings. The van der Waals surface area contributed by atoms with Gasteiger partial charge >= 0.3 is 0 Å². The van der Waals surface area contributed by atoms with E-state index in [-0.39, 0.29) is 5.25 Å². The molecular formula is C19H20N4O3S. The minimum absolute atomic E-state index is 0.171. The Morgan fingerprint density at radius 3 is 2.78 bits per heavy atom. The molecular weight excluding hydrogens is 364 g/mol. The lowest BCUT2D eigenvalue weighted by Crippen LogP contribution is -2.08. The standard InChI is InChI=1S/C19H20N4O3S/c1-20-27(24,14-6-7-14)15-5-3-4-13(10-15)11-26-18-16-8-9-21-19(25-2)17(16)22-12-23-18/h3-5,8-10,12,14H,6-7,11H2,1-2H3. The Morgan fingerprint density at radius 2 is 2.04 bits per heavy atom. The Labute approximate surface area is 158 Å². The van der Waals surface area contributed by atoms with Gasteiger partial charge in [-0.15, -0.1) is 0 Å². The fraction of sp³-hybridized carbons (Fsp3) is 0.316. The van der Waals surface area contributed by atoms with E-state index < -0.39 is 9.73 Å². The summed E-state index contributed by atoms with van der Waals surface area (Å²) in [5.74, 6) is 0.879. The summed E-state index contributed by atoms with van der Waals surface area (Å²) in [4.78, 5) is 13.4. The van der Waals surface area contributed by atoms with Gasteiger partial charge in [0.15, 0.2) is 0 Å². The summed E-state index contributed by atoms with van der Waals surface area (Å²) < 4.78 is 28.5. The van der Waals surface area contributed by atoms with Crippen molar-refractivity contribution in [1.29, 1.82) is 0 Å². The summed E-state index contributed by atoms with van der Waals surface area (Å²) in [5.41, 5.74) is 1.51. The molecule has 1 aliphatic rings. The lowest BCUT2D eigenvalue weighted by Gasteiger charge is -2.12. The molecule has 2 aromatic heterocycles. The number of nitrogens with zero attached hydrogens (tertiary/aromatic N) is 4. The first kappa shape index (κ1) is 17.7. The Balaban J connectivity index is 1.61. The Kier molecular flexibility index (Phi) is 4.65. The topological polar surface area (TPSA) is 86.6 Å². The quantitative estimate of drug-likeness (QED) is 0.648. The highest BCUT2D eigenvalue weighted by Crippen LogP contribution is 2.35. The smallest absolute Gasteiger partial charge is 0.240 e. The van der Waals surface area contributed by atoms with E-state index in [0.29, 0.717) is 23.9 Å². The van der Waals surface area contributed by atoms with Crippen LogP contribution in [-0.4, -0.2) is 38.6 Å². The number of methoxy groups -OCH3 is 1. The van der Waals surface area contributed by atoms with E-state index in [9.17, 15) is 4.21 Å². The molecule has 1 unspecified atom stereocenters. The van der Waals surface area contributed by atoms with Crippen molar-refractivity contribution in [2.75, 3.05) is 14.2 Å². The van der Waals surface area contributed by atoms with Crippen LogP contribution in [0.4, 0.5) is 0 Å². The molecule has 1 saturated carbocycles. The maximum Gasteiger partial charge on any atom is 0.240 e. The van der Waals surface area contributed by atoms with Crippen LogP contribution in [0.5, 0.6) is 11.8 Å². The molecule has 0 spiro atoms. The summed E-state index contributed by atoms with van der Waals surface area (Å²) in [7, 11) is 0.844. The molecule has 1 aliphatic carbocycles. The zero-order valence-corrected chi connectivity index (χ0v) is 16.0. The molecule has 27 heavy (non-hydrogen) atoms. The second-order valence-corrected chi connectivity index (χ2v) is 8.92. The second-order valence-electron chi connectivity index (χ2n) is 6.28. The van der Waals surface area contributed by atoms with Crippen molar-refractivity contribution in [3.8, 4) is 11.8 Å². The van der Waals surface area contributed by atoms with Crippen molar-refractivity contribution < 1.29 is 13.7 Å². The van der Waals surface area contributed by atoms with Gasteiger partial charge in [-0.1, -0.05) is 12.1 Å². The van der Waals surface area contributed by atoms with Crippen molar-refractivity contribution in [3.05, 3.63) is 48.4 Å². The molecule has 0 bridgehead atoms. The number of rotatable bonds is 6. The van der Waals surface area contributed by atoms with Gasteiger partial charge < -0.3 is 9.47 Å². The summed E-state index contributed by atoms with van der Waals surface area (Å²) in [6, 6.07) is 9.43. The van der Waals surface area contributed by atoms with Crippen molar-refractivity contribution in [3.63, 3.8) is 0 Å². The normalized spacial score (nSPS) is 15.9. The molecule has 2 heterocycles. The van der Waals surface area contributed by atoms with Crippen LogP contribution < -0.4 is 9.47 Å². The van der Waals surface area contributed by atoms with Crippen LogP contribution in [0.1, 0.15) is 18.4 Å². The molecule has 0 radical (unpaired) electrons. The predicted octanol–water partition coefficient (Wildman–Crippen LogP) is 3.23. The molecule has 0 aliphatic heterocycles. The average molecular weight is 384 g/mol. The van der Waals surface area contributed by atoms with E-state index in [1.807, 2.05) is 24.3 Å². The highest BCUT2D eigenvalue weighted by Gasteiger charge is 2.34. The first-order valence-electron chi connectivity index (χ1n) is 8.65. The molecule has 0 N–H and O–H groups in total. The van der Waals surface area contributed by atoms with Gasteiger partial charge in [0.05, 0.1) is 22.2 Å². The first-order valence-corrected chi connectivity index (χ1v) is 10.2. The summed E-state index contributed by atoms with van der Waals surface area (Å²) >= 11 is 0. The van der Waals surface area contributed by atoms with Crippen molar-refractivity contribution >= 4 is 20.6 Å². The van der Waals surface area contributed by atoms with Crippen molar-refractivity contribution in [2.24, 2.45) is 4.36 Å². The van der Waals surface area contributed by atoms with E-state index in [1.54, 1.807) is 26.4 Å².